The van der Waals surface area contributed by atoms with Gasteiger partial charge in [0.05, 0.1) is 23.6 Å². The van der Waals surface area contributed by atoms with E-state index in [1.165, 1.54) is 4.90 Å². The first kappa shape index (κ1) is 19.5. The highest BCUT2D eigenvalue weighted by Crippen LogP contribution is 2.48. The minimum Gasteiger partial charge on any atom is -0.292 e. The van der Waals surface area contributed by atoms with E-state index in [-0.39, 0.29) is 23.6 Å². The Morgan fingerprint density at radius 3 is 2.37 bits per heavy atom. The third-order valence-corrected chi connectivity index (χ3v) is 7.25. The standard InChI is InChI=1S/C24H23ClN2O3/c1-13-5-10-17(12-14(13)2)27-23(29)19-18-4-3-11-26(18)21(20(19)24(27)30)22(28)15-6-8-16(25)9-7-15/h5-10,12,18-21H,3-4,11H2,1-2H3. The highest BCUT2D eigenvalue weighted by atomic mass is 35.5. The van der Waals surface area contributed by atoms with Crippen LogP contribution < -0.4 is 4.90 Å². The number of amides is 2. The first-order valence-corrected chi connectivity index (χ1v) is 10.8. The number of halogens is 1. The van der Waals surface area contributed by atoms with E-state index in [2.05, 4.69) is 4.90 Å². The number of carbonyl (C=O) groups is 3. The van der Waals surface area contributed by atoms with Crippen LogP contribution in [0.15, 0.2) is 42.5 Å². The van der Waals surface area contributed by atoms with Gasteiger partial charge >= 0.3 is 0 Å². The van der Waals surface area contributed by atoms with Crippen molar-refractivity contribution in [3.05, 3.63) is 64.2 Å². The minimum atomic E-state index is -0.632. The Hall–Kier alpha value is -2.50. The Bertz CT molecular complexity index is 1060. The highest BCUT2D eigenvalue weighted by Gasteiger charge is 2.64. The first-order valence-electron chi connectivity index (χ1n) is 10.4. The Kier molecular flexibility index (Phi) is 4.56. The fourth-order valence-electron chi connectivity index (χ4n) is 5.42. The van der Waals surface area contributed by atoms with Crippen LogP contribution in [0.3, 0.4) is 0 Å². The first-order chi connectivity index (χ1) is 14.4. The number of hydrogen-bond donors (Lipinski definition) is 0. The normalized spacial score (nSPS) is 28.2. The van der Waals surface area contributed by atoms with E-state index in [0.717, 1.165) is 30.5 Å². The number of aryl methyl sites for hydroxylation is 2. The van der Waals surface area contributed by atoms with Crippen LogP contribution in [-0.4, -0.2) is 41.1 Å². The summed E-state index contributed by atoms with van der Waals surface area (Å²) in [7, 11) is 0. The lowest BCUT2D eigenvalue weighted by atomic mass is 9.85. The second-order valence-electron chi connectivity index (χ2n) is 8.60. The van der Waals surface area contributed by atoms with Gasteiger partial charge in [-0.2, -0.15) is 0 Å². The van der Waals surface area contributed by atoms with E-state index in [0.29, 0.717) is 16.3 Å². The maximum Gasteiger partial charge on any atom is 0.239 e. The Morgan fingerprint density at radius 1 is 0.967 bits per heavy atom. The summed E-state index contributed by atoms with van der Waals surface area (Å²) in [5.74, 6) is -1.61. The molecule has 3 fully saturated rings. The summed E-state index contributed by atoms with van der Waals surface area (Å²) in [5.41, 5.74) is 3.27. The molecule has 4 atom stereocenters. The van der Waals surface area contributed by atoms with Crippen molar-refractivity contribution in [1.82, 2.24) is 4.90 Å². The largest absolute Gasteiger partial charge is 0.292 e. The fraction of sp³-hybridized carbons (Fsp3) is 0.375. The fourth-order valence-corrected chi connectivity index (χ4v) is 5.55. The van der Waals surface area contributed by atoms with Gasteiger partial charge in [0.25, 0.3) is 0 Å². The van der Waals surface area contributed by atoms with E-state index in [9.17, 15) is 14.4 Å². The predicted octanol–water partition coefficient (Wildman–Crippen LogP) is 3.79. The zero-order chi connectivity index (χ0) is 21.2. The van der Waals surface area contributed by atoms with Crippen molar-refractivity contribution in [1.29, 1.82) is 0 Å². The van der Waals surface area contributed by atoms with Gasteiger partial charge in [-0.25, -0.2) is 4.90 Å². The van der Waals surface area contributed by atoms with Crippen molar-refractivity contribution in [3.8, 4) is 0 Å². The van der Waals surface area contributed by atoms with Crippen molar-refractivity contribution in [2.75, 3.05) is 11.4 Å². The monoisotopic (exact) mass is 422 g/mol. The van der Waals surface area contributed by atoms with Gasteiger partial charge in [0, 0.05) is 16.6 Å². The SMILES string of the molecule is Cc1ccc(N2C(=O)C3C(C2=O)C(C(=O)c2ccc(Cl)cc2)N2CCCC32)cc1C. The number of carbonyl (C=O) groups excluding carboxylic acids is 3. The Morgan fingerprint density at radius 2 is 1.67 bits per heavy atom. The highest BCUT2D eigenvalue weighted by molar-refractivity contribution is 6.30. The number of hydrogen-bond acceptors (Lipinski definition) is 4. The minimum absolute atomic E-state index is 0.0516. The summed E-state index contributed by atoms with van der Waals surface area (Å²) in [6, 6.07) is 11.8. The van der Waals surface area contributed by atoms with Gasteiger partial charge in [0.2, 0.25) is 11.8 Å². The lowest BCUT2D eigenvalue weighted by Crippen LogP contribution is -2.46. The van der Waals surface area contributed by atoms with Crippen molar-refractivity contribution >= 4 is 34.9 Å². The summed E-state index contributed by atoms with van der Waals surface area (Å²) >= 11 is 5.98. The van der Waals surface area contributed by atoms with Crippen molar-refractivity contribution in [2.24, 2.45) is 11.8 Å². The quantitative estimate of drug-likeness (QED) is 0.557. The second-order valence-corrected chi connectivity index (χ2v) is 9.03. The number of nitrogens with zero attached hydrogens (tertiary/aromatic N) is 2. The average molecular weight is 423 g/mol. The number of ketones is 1. The van der Waals surface area contributed by atoms with Gasteiger partial charge in [-0.05, 0) is 80.8 Å². The van der Waals surface area contributed by atoms with Gasteiger partial charge in [-0.3, -0.25) is 19.3 Å². The molecular weight excluding hydrogens is 400 g/mol. The molecule has 3 aliphatic rings. The van der Waals surface area contributed by atoms with Crippen molar-refractivity contribution in [3.63, 3.8) is 0 Å². The van der Waals surface area contributed by atoms with E-state index in [4.69, 9.17) is 11.6 Å². The molecule has 5 nitrogen and oxygen atoms in total. The van der Waals surface area contributed by atoms with Crippen LogP contribution in [0.25, 0.3) is 0 Å². The number of imide groups is 1. The molecule has 0 spiro atoms. The Balaban J connectivity index is 1.55. The molecule has 3 aliphatic heterocycles. The third kappa shape index (κ3) is 2.76. The summed E-state index contributed by atoms with van der Waals surface area (Å²) < 4.78 is 0. The summed E-state index contributed by atoms with van der Waals surface area (Å²) in [5, 5.41) is 0.558. The molecule has 0 aromatic heterocycles. The molecule has 5 rings (SSSR count). The molecule has 2 amide bonds. The lowest BCUT2D eigenvalue weighted by molar-refractivity contribution is -0.123. The van der Waals surface area contributed by atoms with Crippen LogP contribution in [0.4, 0.5) is 5.69 Å². The summed E-state index contributed by atoms with van der Waals surface area (Å²) in [4.78, 5) is 43.9. The molecule has 3 saturated heterocycles. The van der Waals surface area contributed by atoms with Crippen LogP contribution in [0.2, 0.25) is 5.02 Å². The average Bonchev–Trinajstić information content (AvgIpc) is 3.36. The van der Waals surface area contributed by atoms with E-state index < -0.39 is 17.9 Å². The van der Waals surface area contributed by atoms with Gasteiger partial charge in [-0.1, -0.05) is 17.7 Å². The molecule has 2 aromatic carbocycles. The van der Waals surface area contributed by atoms with Crippen molar-refractivity contribution < 1.29 is 14.4 Å². The number of Topliss-reactive ketones (excluding diaryl/α,β-unsaturated/α-hetero) is 1. The van der Waals surface area contributed by atoms with Crippen molar-refractivity contribution in [2.45, 2.75) is 38.8 Å². The number of rotatable bonds is 3. The van der Waals surface area contributed by atoms with Crippen LogP contribution in [-0.2, 0) is 9.59 Å². The zero-order valence-electron chi connectivity index (χ0n) is 17.0. The van der Waals surface area contributed by atoms with Crippen LogP contribution in [0.5, 0.6) is 0 Å². The maximum absolute atomic E-state index is 13.5. The van der Waals surface area contributed by atoms with Crippen LogP contribution in [0.1, 0.15) is 34.3 Å². The smallest absolute Gasteiger partial charge is 0.239 e. The van der Waals surface area contributed by atoms with Gasteiger partial charge in [0.15, 0.2) is 5.78 Å². The number of anilines is 1. The molecular formula is C24H23ClN2O3. The molecule has 2 aromatic rings. The molecule has 30 heavy (non-hydrogen) atoms. The maximum atomic E-state index is 13.5. The van der Waals surface area contributed by atoms with E-state index >= 15 is 0 Å². The molecule has 0 saturated carbocycles. The number of fused-ring (bicyclic) bond motifs is 3. The molecule has 0 radical (unpaired) electrons. The van der Waals surface area contributed by atoms with E-state index in [1.54, 1.807) is 24.3 Å². The topological polar surface area (TPSA) is 57.7 Å². The van der Waals surface area contributed by atoms with Gasteiger partial charge < -0.3 is 0 Å². The zero-order valence-corrected chi connectivity index (χ0v) is 17.7. The molecule has 0 aliphatic carbocycles. The lowest BCUT2D eigenvalue weighted by Gasteiger charge is -2.27. The molecule has 0 bridgehead atoms. The molecule has 0 N–H and O–H groups in total. The van der Waals surface area contributed by atoms with E-state index in [1.807, 2.05) is 32.0 Å². The van der Waals surface area contributed by atoms with Crippen LogP contribution in [0, 0.1) is 25.7 Å². The number of benzene rings is 2. The molecule has 154 valence electrons. The molecule has 6 heteroatoms. The van der Waals surface area contributed by atoms with Gasteiger partial charge in [0.1, 0.15) is 0 Å². The van der Waals surface area contributed by atoms with Gasteiger partial charge in [-0.15, -0.1) is 0 Å². The Labute approximate surface area is 180 Å². The third-order valence-electron chi connectivity index (χ3n) is 7.00. The van der Waals surface area contributed by atoms with Crippen LogP contribution >= 0.6 is 11.6 Å². The summed E-state index contributed by atoms with van der Waals surface area (Å²) in [6.45, 7) is 4.71. The predicted molar refractivity (Wildman–Crippen MR) is 115 cm³/mol. The summed E-state index contributed by atoms with van der Waals surface area (Å²) in [6.07, 6.45) is 1.77. The molecule has 3 heterocycles. The molecule has 4 unspecified atom stereocenters. The second kappa shape index (κ2) is 7.03.